The Kier molecular flexibility index (Phi) is 6.32. The normalized spacial score (nSPS) is 11.9. The van der Waals surface area contributed by atoms with Gasteiger partial charge in [0.2, 0.25) is 5.82 Å². The molecular formula is C18H25Cl2N5O. The second-order valence-corrected chi connectivity index (χ2v) is 8.27. The highest BCUT2D eigenvalue weighted by atomic mass is 35.5. The molecule has 0 atom stereocenters. The van der Waals surface area contributed by atoms with E-state index in [0.717, 1.165) is 0 Å². The van der Waals surface area contributed by atoms with Gasteiger partial charge in [-0.2, -0.15) is 0 Å². The zero-order valence-corrected chi connectivity index (χ0v) is 17.3. The molecule has 1 aromatic heterocycles. The molecule has 0 saturated carbocycles. The molecule has 2 N–H and O–H groups in total. The Hall–Kier alpha value is -1.63. The summed E-state index contributed by atoms with van der Waals surface area (Å²) in [5.41, 5.74) is 6.10. The number of halogens is 2. The van der Waals surface area contributed by atoms with Gasteiger partial charge < -0.3 is 10.6 Å². The molecular weight excluding hydrogens is 373 g/mol. The van der Waals surface area contributed by atoms with E-state index in [1.807, 2.05) is 27.7 Å². The molecule has 6 nitrogen and oxygen atoms in total. The molecule has 0 aliphatic heterocycles. The highest BCUT2D eigenvalue weighted by Crippen LogP contribution is 2.30. The Labute approximate surface area is 164 Å². The Morgan fingerprint density at radius 3 is 2.38 bits per heavy atom. The lowest BCUT2D eigenvalue weighted by molar-refractivity contribution is 0.0728. The summed E-state index contributed by atoms with van der Waals surface area (Å²) in [6.07, 6.45) is 0. The van der Waals surface area contributed by atoms with E-state index in [9.17, 15) is 4.79 Å². The van der Waals surface area contributed by atoms with E-state index < -0.39 is 0 Å². The fraction of sp³-hybridized carbons (Fsp3) is 0.500. The number of amides is 1. The summed E-state index contributed by atoms with van der Waals surface area (Å²) >= 11 is 12.6. The number of benzene rings is 1. The van der Waals surface area contributed by atoms with E-state index in [1.54, 1.807) is 34.8 Å². The van der Waals surface area contributed by atoms with Crippen LogP contribution in [0.3, 0.4) is 0 Å². The lowest BCUT2D eigenvalue weighted by Gasteiger charge is -2.28. The minimum absolute atomic E-state index is 0.0298. The van der Waals surface area contributed by atoms with E-state index in [2.05, 4.69) is 10.1 Å². The number of carbonyl (C=O) groups excluding carboxylic acids is 1. The van der Waals surface area contributed by atoms with Crippen LogP contribution < -0.4 is 5.73 Å². The van der Waals surface area contributed by atoms with Crippen molar-refractivity contribution in [2.75, 3.05) is 20.1 Å². The minimum Gasteiger partial charge on any atom is -0.338 e. The molecule has 0 aliphatic carbocycles. The topological polar surface area (TPSA) is 77.0 Å². The first-order valence-corrected chi connectivity index (χ1v) is 9.20. The maximum absolute atomic E-state index is 12.8. The summed E-state index contributed by atoms with van der Waals surface area (Å²) in [5.74, 6) is 0.493. The molecule has 0 spiro atoms. The van der Waals surface area contributed by atoms with Crippen molar-refractivity contribution in [3.8, 4) is 5.69 Å². The monoisotopic (exact) mass is 397 g/mol. The third-order valence-electron chi connectivity index (χ3n) is 4.05. The molecule has 2 aromatic rings. The first-order valence-electron chi connectivity index (χ1n) is 8.44. The van der Waals surface area contributed by atoms with Gasteiger partial charge in [-0.15, -0.1) is 5.10 Å². The van der Waals surface area contributed by atoms with E-state index in [-0.39, 0.29) is 23.1 Å². The Balaban J connectivity index is 2.46. The Morgan fingerprint density at radius 1 is 1.31 bits per heavy atom. The first-order chi connectivity index (χ1) is 12.1. The number of hydrogen-bond donors (Lipinski definition) is 1. The van der Waals surface area contributed by atoms with Crippen LogP contribution in [0.2, 0.25) is 10.0 Å². The maximum atomic E-state index is 12.8. The molecule has 1 heterocycles. The van der Waals surface area contributed by atoms with Gasteiger partial charge in [-0.05, 0) is 24.1 Å². The van der Waals surface area contributed by atoms with E-state index in [1.165, 1.54) is 0 Å². The van der Waals surface area contributed by atoms with Crippen LogP contribution in [-0.2, 0) is 0 Å². The molecule has 0 radical (unpaired) electrons. The second kappa shape index (κ2) is 7.94. The molecule has 0 saturated heterocycles. The van der Waals surface area contributed by atoms with Crippen LogP contribution in [-0.4, -0.2) is 45.7 Å². The van der Waals surface area contributed by atoms with Crippen LogP contribution >= 0.6 is 23.2 Å². The molecule has 8 heteroatoms. The number of rotatable bonds is 6. The number of nitrogens with two attached hydrogens (primary N) is 1. The molecule has 26 heavy (non-hydrogen) atoms. The smallest absolute Gasteiger partial charge is 0.293 e. The Bertz CT molecular complexity index is 781. The predicted molar refractivity (Wildman–Crippen MR) is 105 cm³/mol. The number of aromatic nitrogens is 3. The van der Waals surface area contributed by atoms with Crippen molar-refractivity contribution < 1.29 is 4.79 Å². The average molecular weight is 398 g/mol. The molecule has 1 amide bonds. The van der Waals surface area contributed by atoms with Crippen molar-refractivity contribution >= 4 is 29.1 Å². The second-order valence-electron chi connectivity index (χ2n) is 7.46. The quantitative estimate of drug-likeness (QED) is 0.804. The van der Waals surface area contributed by atoms with Crippen molar-refractivity contribution in [3.63, 3.8) is 0 Å². The van der Waals surface area contributed by atoms with Crippen molar-refractivity contribution in [1.29, 1.82) is 0 Å². The van der Waals surface area contributed by atoms with E-state index >= 15 is 0 Å². The van der Waals surface area contributed by atoms with Gasteiger partial charge in [-0.1, -0.05) is 57.0 Å². The fourth-order valence-corrected chi connectivity index (χ4v) is 3.15. The van der Waals surface area contributed by atoms with Crippen LogP contribution in [0.5, 0.6) is 0 Å². The summed E-state index contributed by atoms with van der Waals surface area (Å²) in [5, 5.41) is 5.31. The third kappa shape index (κ3) is 4.37. The third-order valence-corrected chi connectivity index (χ3v) is 4.66. The van der Waals surface area contributed by atoms with Crippen molar-refractivity contribution in [1.82, 2.24) is 19.7 Å². The molecule has 142 valence electrons. The highest BCUT2D eigenvalue weighted by molar-refractivity contribution is 6.37. The van der Waals surface area contributed by atoms with Crippen LogP contribution in [0.15, 0.2) is 18.2 Å². The van der Waals surface area contributed by atoms with Gasteiger partial charge in [0.05, 0.1) is 10.0 Å². The number of hydrogen-bond acceptors (Lipinski definition) is 4. The first kappa shape index (κ1) is 20.7. The standard InChI is InChI=1S/C18H25Cl2N5O/c1-11(2)16-22-15(17(26)24(5)10-18(3,4)9-21)23-25(16)14-12(19)7-6-8-13(14)20/h6-8,11H,9-10,21H2,1-5H3. The van der Waals surface area contributed by atoms with Gasteiger partial charge in [-0.3, -0.25) is 4.79 Å². The zero-order valence-electron chi connectivity index (χ0n) is 15.8. The van der Waals surface area contributed by atoms with Gasteiger partial charge in [0, 0.05) is 19.5 Å². The largest absolute Gasteiger partial charge is 0.338 e. The number of carbonyl (C=O) groups is 1. The van der Waals surface area contributed by atoms with E-state index in [0.29, 0.717) is 34.6 Å². The molecule has 0 fully saturated rings. The van der Waals surface area contributed by atoms with Crippen LogP contribution in [0.1, 0.15) is 50.1 Å². The molecule has 0 unspecified atom stereocenters. The summed E-state index contributed by atoms with van der Waals surface area (Å²) in [7, 11) is 1.72. The summed E-state index contributed by atoms with van der Waals surface area (Å²) < 4.78 is 1.56. The van der Waals surface area contributed by atoms with Gasteiger partial charge in [-0.25, -0.2) is 9.67 Å². The SMILES string of the molecule is CC(C)c1nc(C(=O)N(C)CC(C)(C)CN)nn1-c1c(Cl)cccc1Cl. The van der Waals surface area contributed by atoms with Crippen LogP contribution in [0.25, 0.3) is 5.69 Å². The number of para-hydroxylation sites is 1. The summed E-state index contributed by atoms with van der Waals surface area (Å²) in [4.78, 5) is 18.9. The van der Waals surface area contributed by atoms with Crippen molar-refractivity contribution in [2.24, 2.45) is 11.1 Å². The van der Waals surface area contributed by atoms with Crippen molar-refractivity contribution in [3.05, 3.63) is 39.9 Å². The Morgan fingerprint density at radius 2 is 1.88 bits per heavy atom. The fourth-order valence-electron chi connectivity index (χ4n) is 2.59. The van der Waals surface area contributed by atoms with Crippen LogP contribution in [0.4, 0.5) is 0 Å². The van der Waals surface area contributed by atoms with E-state index in [4.69, 9.17) is 28.9 Å². The lowest BCUT2D eigenvalue weighted by Crippen LogP contribution is -2.40. The lowest BCUT2D eigenvalue weighted by atomic mass is 9.93. The van der Waals surface area contributed by atoms with Gasteiger partial charge >= 0.3 is 0 Å². The van der Waals surface area contributed by atoms with Gasteiger partial charge in [0.25, 0.3) is 5.91 Å². The van der Waals surface area contributed by atoms with Gasteiger partial charge in [0.15, 0.2) is 0 Å². The van der Waals surface area contributed by atoms with Crippen molar-refractivity contribution in [2.45, 2.75) is 33.6 Å². The van der Waals surface area contributed by atoms with Crippen LogP contribution in [0, 0.1) is 5.41 Å². The molecule has 2 rings (SSSR count). The summed E-state index contributed by atoms with van der Waals surface area (Å²) in [6, 6.07) is 5.22. The average Bonchev–Trinajstić information content (AvgIpc) is 2.98. The summed E-state index contributed by atoms with van der Waals surface area (Å²) in [6.45, 7) is 8.93. The number of nitrogens with zero attached hydrogens (tertiary/aromatic N) is 4. The maximum Gasteiger partial charge on any atom is 0.293 e. The molecule has 0 bridgehead atoms. The predicted octanol–water partition coefficient (Wildman–Crippen LogP) is 3.75. The van der Waals surface area contributed by atoms with Gasteiger partial charge in [0.1, 0.15) is 11.5 Å². The minimum atomic E-state index is -0.268. The molecule has 0 aliphatic rings. The highest BCUT2D eigenvalue weighted by Gasteiger charge is 2.27. The molecule has 1 aromatic carbocycles. The zero-order chi connectivity index (χ0) is 19.6.